The lowest BCUT2D eigenvalue weighted by Gasteiger charge is -2.53. The first-order chi connectivity index (χ1) is 13.7. The second-order valence-corrected chi connectivity index (χ2v) is 8.50. The monoisotopic (exact) mass is 376 g/mol. The highest BCUT2D eigenvalue weighted by molar-refractivity contribution is 5.57. The normalized spacial score (nSPS) is 29.6. The van der Waals surface area contributed by atoms with Crippen molar-refractivity contribution < 1.29 is 14.6 Å². The molecule has 146 valence electrons. The molecule has 0 aromatic heterocycles. The molecule has 1 saturated carbocycles. The summed E-state index contributed by atoms with van der Waals surface area (Å²) in [5, 5.41) is 10.0. The minimum atomic E-state index is -0.562. The molecule has 1 N–H and O–H groups in total. The van der Waals surface area contributed by atoms with E-state index in [2.05, 4.69) is 49.4 Å². The highest BCUT2D eigenvalue weighted by Gasteiger charge is 2.56. The van der Waals surface area contributed by atoms with Gasteiger partial charge in [0, 0.05) is 11.8 Å². The predicted molar refractivity (Wildman–Crippen MR) is 110 cm³/mol. The van der Waals surface area contributed by atoms with E-state index < -0.39 is 5.79 Å². The van der Waals surface area contributed by atoms with Gasteiger partial charge in [0.15, 0.2) is 5.79 Å². The highest BCUT2D eigenvalue weighted by atomic mass is 16.7. The van der Waals surface area contributed by atoms with Gasteiger partial charge in [-0.05, 0) is 66.0 Å². The van der Waals surface area contributed by atoms with Crippen LogP contribution in [-0.2, 0) is 21.3 Å². The number of benzene rings is 2. The number of aryl methyl sites for hydroxylation is 1. The van der Waals surface area contributed by atoms with Crippen molar-refractivity contribution in [3.63, 3.8) is 0 Å². The maximum Gasteiger partial charge on any atom is 0.191 e. The number of aromatic hydroxyl groups is 1. The molecule has 1 saturated heterocycles. The topological polar surface area (TPSA) is 38.7 Å². The molecule has 0 radical (unpaired) electrons. The maximum atomic E-state index is 10.0. The summed E-state index contributed by atoms with van der Waals surface area (Å²) in [4.78, 5) is 0. The minimum absolute atomic E-state index is 0.0858. The van der Waals surface area contributed by atoms with E-state index in [-0.39, 0.29) is 5.41 Å². The van der Waals surface area contributed by atoms with E-state index >= 15 is 0 Å². The van der Waals surface area contributed by atoms with Crippen LogP contribution in [0.15, 0.2) is 54.1 Å². The molecule has 1 heterocycles. The van der Waals surface area contributed by atoms with Crippen LogP contribution in [0.25, 0.3) is 6.08 Å². The average Bonchev–Trinajstić information content (AvgIpc) is 3.18. The van der Waals surface area contributed by atoms with Gasteiger partial charge in [-0.25, -0.2) is 0 Å². The van der Waals surface area contributed by atoms with Crippen molar-refractivity contribution in [3.8, 4) is 5.75 Å². The van der Waals surface area contributed by atoms with Crippen molar-refractivity contribution in [2.24, 2.45) is 5.92 Å². The van der Waals surface area contributed by atoms with E-state index in [9.17, 15) is 5.11 Å². The Labute approximate surface area is 167 Å². The SMILES string of the molecule is CC[C@@]12CC(=Cc3ccccc3)C3(C[C@H]1CCc1cc(O)ccc12)OCCO3. The van der Waals surface area contributed by atoms with Crippen LogP contribution in [-0.4, -0.2) is 24.1 Å². The van der Waals surface area contributed by atoms with E-state index in [1.807, 2.05) is 12.1 Å². The molecule has 2 aromatic carbocycles. The first kappa shape index (κ1) is 18.0. The molecule has 1 spiro atoms. The van der Waals surface area contributed by atoms with E-state index in [0.717, 1.165) is 32.1 Å². The Kier molecular flexibility index (Phi) is 4.33. The molecule has 0 unspecified atom stereocenters. The Hall–Kier alpha value is -2.10. The summed E-state index contributed by atoms with van der Waals surface area (Å²) in [7, 11) is 0. The van der Waals surface area contributed by atoms with Gasteiger partial charge >= 0.3 is 0 Å². The van der Waals surface area contributed by atoms with Crippen molar-refractivity contribution in [3.05, 3.63) is 70.8 Å². The Morgan fingerprint density at radius 3 is 2.64 bits per heavy atom. The van der Waals surface area contributed by atoms with Gasteiger partial charge in [0.1, 0.15) is 5.75 Å². The number of hydrogen-bond acceptors (Lipinski definition) is 3. The molecule has 0 amide bonds. The van der Waals surface area contributed by atoms with Gasteiger partial charge in [0.25, 0.3) is 0 Å². The minimum Gasteiger partial charge on any atom is -0.508 e. The number of fused-ring (bicyclic) bond motifs is 3. The summed E-state index contributed by atoms with van der Waals surface area (Å²) in [5.41, 5.74) is 5.26. The maximum absolute atomic E-state index is 10.0. The third-order valence-electron chi connectivity index (χ3n) is 7.20. The zero-order valence-corrected chi connectivity index (χ0v) is 16.5. The van der Waals surface area contributed by atoms with Crippen LogP contribution in [0.2, 0.25) is 0 Å². The smallest absolute Gasteiger partial charge is 0.191 e. The van der Waals surface area contributed by atoms with E-state index in [1.165, 1.54) is 22.3 Å². The third kappa shape index (κ3) is 2.72. The van der Waals surface area contributed by atoms with Crippen LogP contribution in [0.4, 0.5) is 0 Å². The quantitative estimate of drug-likeness (QED) is 0.781. The summed E-state index contributed by atoms with van der Waals surface area (Å²) in [6.07, 6.45) is 7.37. The lowest BCUT2D eigenvalue weighted by atomic mass is 9.53. The molecule has 5 rings (SSSR count). The van der Waals surface area contributed by atoms with Crippen molar-refractivity contribution in [1.29, 1.82) is 0 Å². The Morgan fingerprint density at radius 2 is 1.89 bits per heavy atom. The van der Waals surface area contributed by atoms with Crippen molar-refractivity contribution in [2.75, 3.05) is 13.2 Å². The summed E-state index contributed by atoms with van der Waals surface area (Å²) in [6, 6.07) is 16.5. The van der Waals surface area contributed by atoms with E-state index in [1.54, 1.807) is 0 Å². The second kappa shape index (κ2) is 6.75. The van der Waals surface area contributed by atoms with Crippen LogP contribution in [0, 0.1) is 5.92 Å². The van der Waals surface area contributed by atoms with Crippen molar-refractivity contribution in [1.82, 2.24) is 0 Å². The summed E-state index contributed by atoms with van der Waals surface area (Å²) >= 11 is 0. The summed E-state index contributed by atoms with van der Waals surface area (Å²) in [6.45, 7) is 3.65. The van der Waals surface area contributed by atoms with Gasteiger partial charge in [-0.3, -0.25) is 0 Å². The number of rotatable bonds is 2. The predicted octanol–water partition coefficient (Wildman–Crippen LogP) is 5.22. The molecule has 2 atom stereocenters. The fourth-order valence-corrected chi connectivity index (χ4v) is 5.84. The largest absolute Gasteiger partial charge is 0.508 e. The fraction of sp³-hybridized carbons (Fsp3) is 0.440. The van der Waals surface area contributed by atoms with Crippen LogP contribution < -0.4 is 0 Å². The molecule has 2 fully saturated rings. The van der Waals surface area contributed by atoms with Gasteiger partial charge in [-0.1, -0.05) is 49.4 Å². The number of hydrogen-bond donors (Lipinski definition) is 1. The van der Waals surface area contributed by atoms with E-state index in [0.29, 0.717) is 24.9 Å². The fourth-order valence-electron chi connectivity index (χ4n) is 5.84. The number of ether oxygens (including phenoxy) is 2. The molecule has 3 aliphatic rings. The standard InChI is InChI=1S/C25H28O3/c1-2-24-16-21(14-18-6-4-3-5-7-18)25(27-12-13-28-25)17-20(24)9-8-19-15-22(26)10-11-23(19)24/h3-7,10-11,14-15,20,26H,2,8-9,12-13,16-17H2,1H3/t20-,24-/m1/s1. The van der Waals surface area contributed by atoms with Gasteiger partial charge in [0.05, 0.1) is 13.2 Å². The average molecular weight is 376 g/mol. The first-order valence-electron chi connectivity index (χ1n) is 10.5. The molecule has 2 aromatic rings. The number of phenols is 1. The molecular weight excluding hydrogens is 348 g/mol. The molecule has 2 aliphatic carbocycles. The number of phenolic OH excluding ortho intramolecular Hbond substituents is 1. The Bertz CT molecular complexity index is 895. The third-order valence-corrected chi connectivity index (χ3v) is 7.20. The van der Waals surface area contributed by atoms with Gasteiger partial charge in [-0.2, -0.15) is 0 Å². The molecule has 1 aliphatic heterocycles. The lowest BCUT2D eigenvalue weighted by molar-refractivity contribution is -0.162. The van der Waals surface area contributed by atoms with Crippen molar-refractivity contribution >= 4 is 6.08 Å². The zero-order chi connectivity index (χ0) is 19.2. The molecule has 3 heteroatoms. The highest BCUT2D eigenvalue weighted by Crippen LogP contribution is 2.58. The first-order valence-corrected chi connectivity index (χ1v) is 10.5. The van der Waals surface area contributed by atoms with Crippen LogP contribution >= 0.6 is 0 Å². The van der Waals surface area contributed by atoms with Gasteiger partial charge in [0.2, 0.25) is 0 Å². The van der Waals surface area contributed by atoms with Crippen LogP contribution in [0.3, 0.4) is 0 Å². The van der Waals surface area contributed by atoms with Gasteiger partial charge in [-0.15, -0.1) is 0 Å². The van der Waals surface area contributed by atoms with Crippen LogP contribution in [0.5, 0.6) is 5.75 Å². The molecule has 28 heavy (non-hydrogen) atoms. The zero-order valence-electron chi connectivity index (χ0n) is 16.5. The second-order valence-electron chi connectivity index (χ2n) is 8.50. The van der Waals surface area contributed by atoms with Gasteiger partial charge < -0.3 is 14.6 Å². The Balaban J connectivity index is 1.63. The summed E-state index contributed by atoms with van der Waals surface area (Å²) < 4.78 is 12.6. The van der Waals surface area contributed by atoms with Crippen molar-refractivity contribution in [2.45, 2.75) is 50.2 Å². The van der Waals surface area contributed by atoms with Crippen LogP contribution in [0.1, 0.15) is 49.3 Å². The summed E-state index contributed by atoms with van der Waals surface area (Å²) in [5.74, 6) is 0.340. The molecule has 3 nitrogen and oxygen atoms in total. The lowest BCUT2D eigenvalue weighted by Crippen LogP contribution is -2.51. The molecule has 0 bridgehead atoms. The Morgan fingerprint density at radius 1 is 1.11 bits per heavy atom. The van der Waals surface area contributed by atoms with E-state index in [4.69, 9.17) is 9.47 Å². The molecular formula is C25H28O3.